The number of hydrogen-bond acceptors (Lipinski definition) is 5. The maximum atomic E-state index is 13.4. The van der Waals surface area contributed by atoms with Gasteiger partial charge >= 0.3 is 0 Å². The Morgan fingerprint density at radius 1 is 0.933 bits per heavy atom. The molecule has 7 heteroatoms. The number of imide groups is 1. The number of nitrogens with zero attached hydrogens (tertiary/aromatic N) is 3. The van der Waals surface area contributed by atoms with Crippen LogP contribution < -0.4 is 9.80 Å². The SMILES string of the molecule is CN(CCO)C1=C(c2ccc(F)cc2)C(=O)N(c2ccc(N3CCCC3)cc2)C1=O. The molecule has 0 unspecified atom stereocenters. The highest BCUT2D eigenvalue weighted by Crippen LogP contribution is 2.35. The first-order valence-electron chi connectivity index (χ1n) is 10.1. The average Bonchev–Trinajstić information content (AvgIpc) is 3.36. The quantitative estimate of drug-likeness (QED) is 0.744. The zero-order valence-corrected chi connectivity index (χ0v) is 16.8. The number of benzene rings is 2. The molecular weight excluding hydrogens is 385 g/mol. The summed E-state index contributed by atoms with van der Waals surface area (Å²) in [5, 5.41) is 9.33. The van der Waals surface area contributed by atoms with Crippen LogP contribution in [0, 0.1) is 5.82 Å². The Morgan fingerprint density at radius 2 is 1.53 bits per heavy atom. The molecule has 2 aliphatic heterocycles. The first-order valence-corrected chi connectivity index (χ1v) is 10.1. The van der Waals surface area contributed by atoms with Crippen LogP contribution in [0.3, 0.4) is 0 Å². The molecule has 2 amide bonds. The maximum Gasteiger partial charge on any atom is 0.282 e. The summed E-state index contributed by atoms with van der Waals surface area (Å²) in [7, 11) is 1.65. The van der Waals surface area contributed by atoms with Crippen molar-refractivity contribution in [1.29, 1.82) is 0 Å². The summed E-state index contributed by atoms with van der Waals surface area (Å²) < 4.78 is 13.4. The van der Waals surface area contributed by atoms with Crippen molar-refractivity contribution in [3.05, 3.63) is 65.6 Å². The summed E-state index contributed by atoms with van der Waals surface area (Å²) >= 11 is 0. The Balaban J connectivity index is 1.70. The van der Waals surface area contributed by atoms with E-state index >= 15 is 0 Å². The number of rotatable bonds is 6. The van der Waals surface area contributed by atoms with Gasteiger partial charge in [0.05, 0.1) is 17.9 Å². The van der Waals surface area contributed by atoms with Gasteiger partial charge in [-0.05, 0) is 54.8 Å². The van der Waals surface area contributed by atoms with Crippen LogP contribution in [0.4, 0.5) is 15.8 Å². The highest BCUT2D eigenvalue weighted by molar-refractivity contribution is 6.45. The third-order valence-corrected chi connectivity index (χ3v) is 5.59. The molecule has 0 saturated carbocycles. The van der Waals surface area contributed by atoms with Crippen LogP contribution in [0.15, 0.2) is 54.2 Å². The number of amides is 2. The molecule has 2 heterocycles. The third-order valence-electron chi connectivity index (χ3n) is 5.59. The normalized spacial score (nSPS) is 16.8. The van der Waals surface area contributed by atoms with E-state index in [0.717, 1.165) is 36.5 Å². The van der Waals surface area contributed by atoms with Crippen molar-refractivity contribution < 1.29 is 19.1 Å². The molecular formula is C23H24FN3O3. The molecule has 0 radical (unpaired) electrons. The smallest absolute Gasteiger partial charge is 0.282 e. The molecule has 0 atom stereocenters. The number of carbonyl (C=O) groups excluding carboxylic acids is 2. The molecule has 0 aromatic heterocycles. The molecule has 156 valence electrons. The standard InChI is InChI=1S/C23H24FN3O3/c1-25(14-15-28)21-20(16-4-6-17(24)7-5-16)22(29)27(23(21)30)19-10-8-18(9-11-19)26-12-2-3-13-26/h4-11,28H,2-3,12-15H2,1H3. The first-order chi connectivity index (χ1) is 14.5. The number of aliphatic hydroxyl groups is 1. The van der Waals surface area contributed by atoms with E-state index in [-0.39, 0.29) is 24.4 Å². The number of halogens is 1. The van der Waals surface area contributed by atoms with E-state index in [1.807, 2.05) is 12.1 Å². The van der Waals surface area contributed by atoms with Crippen LogP contribution in [0.1, 0.15) is 18.4 Å². The van der Waals surface area contributed by atoms with Crippen molar-refractivity contribution in [2.75, 3.05) is 43.1 Å². The fourth-order valence-electron chi connectivity index (χ4n) is 4.03. The molecule has 30 heavy (non-hydrogen) atoms. The lowest BCUT2D eigenvalue weighted by molar-refractivity contribution is -0.120. The summed E-state index contributed by atoms with van der Waals surface area (Å²) in [6.07, 6.45) is 2.33. The van der Waals surface area contributed by atoms with Crippen molar-refractivity contribution in [2.45, 2.75) is 12.8 Å². The Bertz CT molecular complexity index is 980. The fourth-order valence-corrected chi connectivity index (χ4v) is 4.03. The second-order valence-electron chi connectivity index (χ2n) is 7.53. The monoisotopic (exact) mass is 409 g/mol. The minimum atomic E-state index is -0.458. The van der Waals surface area contributed by atoms with Gasteiger partial charge in [-0.1, -0.05) is 12.1 Å². The molecule has 0 bridgehead atoms. The number of carbonyl (C=O) groups is 2. The van der Waals surface area contributed by atoms with E-state index in [2.05, 4.69) is 4.90 Å². The van der Waals surface area contributed by atoms with Crippen LogP contribution >= 0.6 is 0 Å². The van der Waals surface area contributed by atoms with Gasteiger partial charge in [-0.2, -0.15) is 0 Å². The number of likely N-dealkylation sites (N-methyl/N-ethyl adjacent to an activating group) is 1. The minimum absolute atomic E-state index is 0.164. The second kappa shape index (κ2) is 8.28. The van der Waals surface area contributed by atoms with Gasteiger partial charge in [0.1, 0.15) is 11.5 Å². The molecule has 1 saturated heterocycles. The summed E-state index contributed by atoms with van der Waals surface area (Å²) in [6.45, 7) is 2.05. The van der Waals surface area contributed by atoms with Crippen LogP contribution in [0.25, 0.3) is 5.57 Å². The van der Waals surface area contributed by atoms with E-state index in [1.165, 1.54) is 24.3 Å². The number of anilines is 2. The van der Waals surface area contributed by atoms with Crippen LogP contribution in [-0.2, 0) is 9.59 Å². The Hall–Kier alpha value is -3.19. The van der Waals surface area contributed by atoms with E-state index < -0.39 is 17.6 Å². The van der Waals surface area contributed by atoms with Crippen molar-refractivity contribution in [1.82, 2.24) is 4.90 Å². The van der Waals surface area contributed by atoms with Crippen molar-refractivity contribution in [3.8, 4) is 0 Å². The van der Waals surface area contributed by atoms with Crippen molar-refractivity contribution in [3.63, 3.8) is 0 Å². The van der Waals surface area contributed by atoms with E-state index in [9.17, 15) is 19.1 Å². The molecule has 4 rings (SSSR count). The predicted molar refractivity (Wildman–Crippen MR) is 113 cm³/mol. The minimum Gasteiger partial charge on any atom is -0.395 e. The Labute approximate surface area is 174 Å². The van der Waals surface area contributed by atoms with Gasteiger partial charge < -0.3 is 14.9 Å². The van der Waals surface area contributed by atoms with Gasteiger partial charge in [0.15, 0.2) is 0 Å². The van der Waals surface area contributed by atoms with E-state index in [0.29, 0.717) is 11.3 Å². The van der Waals surface area contributed by atoms with Gasteiger partial charge in [-0.15, -0.1) is 0 Å². The molecule has 1 fully saturated rings. The summed E-state index contributed by atoms with van der Waals surface area (Å²) in [4.78, 5) is 31.6. The lowest BCUT2D eigenvalue weighted by Crippen LogP contribution is -2.34. The van der Waals surface area contributed by atoms with E-state index in [1.54, 1.807) is 24.1 Å². The summed E-state index contributed by atoms with van der Waals surface area (Å²) in [6, 6.07) is 12.9. The Morgan fingerprint density at radius 3 is 2.13 bits per heavy atom. The molecule has 6 nitrogen and oxygen atoms in total. The average molecular weight is 409 g/mol. The zero-order valence-electron chi connectivity index (χ0n) is 16.8. The first kappa shape index (κ1) is 20.1. The lowest BCUT2D eigenvalue weighted by Gasteiger charge is -2.21. The predicted octanol–water partition coefficient (Wildman–Crippen LogP) is 2.63. The van der Waals surface area contributed by atoms with Crippen LogP contribution in [-0.4, -0.2) is 55.1 Å². The van der Waals surface area contributed by atoms with Crippen molar-refractivity contribution >= 4 is 28.8 Å². The number of hydrogen-bond donors (Lipinski definition) is 1. The van der Waals surface area contributed by atoms with Crippen molar-refractivity contribution in [2.24, 2.45) is 0 Å². The topological polar surface area (TPSA) is 64.1 Å². The molecule has 2 aromatic rings. The highest BCUT2D eigenvalue weighted by Gasteiger charge is 2.41. The summed E-state index contributed by atoms with van der Waals surface area (Å²) in [5.74, 6) is -1.33. The van der Waals surface area contributed by atoms with Gasteiger partial charge in [0, 0.05) is 32.4 Å². The Kier molecular flexibility index (Phi) is 5.55. The lowest BCUT2D eigenvalue weighted by atomic mass is 10.0. The molecule has 2 aliphatic rings. The number of aliphatic hydroxyl groups excluding tert-OH is 1. The van der Waals surface area contributed by atoms with Gasteiger partial charge in [-0.25, -0.2) is 9.29 Å². The van der Waals surface area contributed by atoms with Crippen LogP contribution in [0.5, 0.6) is 0 Å². The highest BCUT2D eigenvalue weighted by atomic mass is 19.1. The second-order valence-corrected chi connectivity index (χ2v) is 7.53. The molecule has 1 N–H and O–H groups in total. The van der Waals surface area contributed by atoms with Gasteiger partial charge in [-0.3, -0.25) is 9.59 Å². The molecule has 0 spiro atoms. The molecule has 0 aliphatic carbocycles. The maximum absolute atomic E-state index is 13.4. The summed E-state index contributed by atoms with van der Waals surface area (Å²) in [5.41, 5.74) is 2.43. The zero-order chi connectivity index (χ0) is 21.3. The van der Waals surface area contributed by atoms with Gasteiger partial charge in [0.25, 0.3) is 11.8 Å². The molecule has 2 aromatic carbocycles. The fraction of sp³-hybridized carbons (Fsp3) is 0.304. The largest absolute Gasteiger partial charge is 0.395 e. The van der Waals surface area contributed by atoms with E-state index in [4.69, 9.17) is 0 Å². The van der Waals surface area contributed by atoms with Crippen LogP contribution in [0.2, 0.25) is 0 Å². The van der Waals surface area contributed by atoms with Gasteiger partial charge in [0.2, 0.25) is 0 Å². The third kappa shape index (κ3) is 3.57.